The zero-order valence-corrected chi connectivity index (χ0v) is 11.7. The number of benzene rings is 2. The molecule has 1 aliphatic rings. The summed E-state index contributed by atoms with van der Waals surface area (Å²) in [5.74, 6) is -0.00453. The number of para-hydroxylation sites is 1. The lowest BCUT2D eigenvalue weighted by Crippen LogP contribution is -2.23. The highest BCUT2D eigenvalue weighted by Gasteiger charge is 2.28. The molecular formula is C18H15NO2. The molecule has 0 fully saturated rings. The normalized spacial score (nSPS) is 13.8. The number of anilines is 1. The Balaban J connectivity index is 2.00. The fourth-order valence-corrected chi connectivity index (χ4v) is 2.53. The van der Waals surface area contributed by atoms with Gasteiger partial charge in [-0.15, -0.1) is 0 Å². The van der Waals surface area contributed by atoms with Gasteiger partial charge in [-0.05, 0) is 42.3 Å². The Bertz CT molecular complexity index is 746. The van der Waals surface area contributed by atoms with Crippen molar-refractivity contribution in [2.24, 2.45) is 0 Å². The van der Waals surface area contributed by atoms with Gasteiger partial charge in [0.2, 0.25) is 0 Å². The van der Waals surface area contributed by atoms with Crippen LogP contribution in [-0.4, -0.2) is 11.7 Å². The summed E-state index contributed by atoms with van der Waals surface area (Å²) in [5.41, 5.74) is 3.49. The van der Waals surface area contributed by atoms with E-state index in [1.807, 2.05) is 48.5 Å². The zero-order chi connectivity index (χ0) is 14.8. The molecule has 0 radical (unpaired) electrons. The highest BCUT2D eigenvalue weighted by Crippen LogP contribution is 2.31. The van der Waals surface area contributed by atoms with Crippen molar-refractivity contribution in [3.05, 3.63) is 71.3 Å². The van der Waals surface area contributed by atoms with Gasteiger partial charge in [0.05, 0.1) is 12.2 Å². The molecule has 0 aliphatic carbocycles. The third-order valence-corrected chi connectivity index (χ3v) is 3.55. The lowest BCUT2D eigenvalue weighted by atomic mass is 10.1. The molecule has 0 aromatic heterocycles. The fourth-order valence-electron chi connectivity index (χ4n) is 2.53. The Kier molecular flexibility index (Phi) is 3.40. The number of amides is 1. The zero-order valence-electron chi connectivity index (χ0n) is 11.7. The Labute approximate surface area is 123 Å². The topological polar surface area (TPSA) is 37.4 Å². The average Bonchev–Trinajstić information content (AvgIpc) is 2.83. The van der Waals surface area contributed by atoms with E-state index in [0.29, 0.717) is 6.54 Å². The minimum absolute atomic E-state index is 0.00859. The first kappa shape index (κ1) is 13.3. The first-order valence-electron chi connectivity index (χ1n) is 6.84. The molecule has 0 unspecified atom stereocenters. The Morgan fingerprint density at radius 3 is 2.57 bits per heavy atom. The maximum Gasteiger partial charge on any atom is 0.258 e. The molecule has 0 spiro atoms. The van der Waals surface area contributed by atoms with E-state index in [1.54, 1.807) is 11.0 Å². The summed E-state index contributed by atoms with van der Waals surface area (Å²) in [4.78, 5) is 25.4. The number of carbonyl (C=O) groups is 2. The van der Waals surface area contributed by atoms with Crippen molar-refractivity contribution in [2.75, 3.05) is 4.90 Å². The minimum atomic E-state index is -0.0131. The van der Waals surface area contributed by atoms with E-state index in [-0.39, 0.29) is 11.7 Å². The van der Waals surface area contributed by atoms with E-state index in [0.717, 1.165) is 22.4 Å². The second-order valence-corrected chi connectivity index (χ2v) is 5.05. The average molecular weight is 277 g/mol. The summed E-state index contributed by atoms with van der Waals surface area (Å²) >= 11 is 0. The first-order chi connectivity index (χ1) is 10.2. The molecule has 3 heteroatoms. The number of ketones is 1. The number of allylic oxidation sites excluding steroid dienone is 1. The van der Waals surface area contributed by atoms with Crippen molar-refractivity contribution < 1.29 is 9.59 Å². The van der Waals surface area contributed by atoms with Gasteiger partial charge >= 0.3 is 0 Å². The first-order valence-corrected chi connectivity index (χ1v) is 6.84. The highest BCUT2D eigenvalue weighted by atomic mass is 16.2. The van der Waals surface area contributed by atoms with Crippen LogP contribution in [0.15, 0.2) is 54.6 Å². The molecular weight excluding hydrogens is 262 g/mol. The number of nitrogens with zero attached hydrogens (tertiary/aromatic N) is 1. The Hall–Kier alpha value is -2.68. The van der Waals surface area contributed by atoms with Crippen molar-refractivity contribution in [2.45, 2.75) is 13.5 Å². The molecule has 2 aromatic carbocycles. The predicted octanol–water partition coefficient (Wildman–Crippen LogP) is 3.45. The van der Waals surface area contributed by atoms with Crippen LogP contribution in [0.3, 0.4) is 0 Å². The number of rotatable bonds is 3. The van der Waals surface area contributed by atoms with Gasteiger partial charge in [0.1, 0.15) is 0 Å². The predicted molar refractivity (Wildman–Crippen MR) is 83.1 cm³/mol. The molecule has 0 saturated heterocycles. The van der Waals surface area contributed by atoms with Gasteiger partial charge in [-0.1, -0.05) is 36.4 Å². The van der Waals surface area contributed by atoms with Crippen LogP contribution < -0.4 is 4.90 Å². The van der Waals surface area contributed by atoms with Crippen molar-refractivity contribution in [3.63, 3.8) is 0 Å². The lowest BCUT2D eigenvalue weighted by Gasteiger charge is -2.18. The van der Waals surface area contributed by atoms with Gasteiger partial charge in [0.15, 0.2) is 5.78 Å². The van der Waals surface area contributed by atoms with Crippen molar-refractivity contribution in [3.8, 4) is 0 Å². The van der Waals surface area contributed by atoms with Gasteiger partial charge in [0, 0.05) is 5.56 Å². The summed E-state index contributed by atoms with van der Waals surface area (Å²) in [6.45, 7) is 2.08. The third-order valence-electron chi connectivity index (χ3n) is 3.55. The van der Waals surface area contributed by atoms with E-state index in [4.69, 9.17) is 0 Å². The lowest BCUT2D eigenvalue weighted by molar-refractivity contribution is -0.112. The summed E-state index contributed by atoms with van der Waals surface area (Å²) in [5, 5.41) is 0. The van der Waals surface area contributed by atoms with Gasteiger partial charge < -0.3 is 4.90 Å². The molecule has 2 aromatic rings. The third kappa shape index (κ3) is 2.50. The quantitative estimate of drug-likeness (QED) is 0.806. The molecule has 0 bridgehead atoms. The monoisotopic (exact) mass is 277 g/mol. The van der Waals surface area contributed by atoms with Crippen LogP contribution in [0.4, 0.5) is 5.69 Å². The van der Waals surface area contributed by atoms with Gasteiger partial charge in [-0.2, -0.15) is 0 Å². The van der Waals surface area contributed by atoms with Gasteiger partial charge in [-0.3, -0.25) is 9.59 Å². The maximum atomic E-state index is 12.5. The van der Waals surface area contributed by atoms with E-state index in [9.17, 15) is 9.59 Å². The minimum Gasteiger partial charge on any atom is -0.303 e. The maximum absolute atomic E-state index is 12.5. The van der Waals surface area contributed by atoms with Crippen LogP contribution >= 0.6 is 0 Å². The molecule has 0 atom stereocenters. The van der Waals surface area contributed by atoms with E-state index < -0.39 is 0 Å². The number of fused-ring (bicyclic) bond motifs is 1. The summed E-state index contributed by atoms with van der Waals surface area (Å²) in [6, 6.07) is 15.3. The summed E-state index contributed by atoms with van der Waals surface area (Å²) in [7, 11) is 0. The van der Waals surface area contributed by atoms with Gasteiger partial charge in [0.25, 0.3) is 5.91 Å². The van der Waals surface area contributed by atoms with Crippen molar-refractivity contribution in [1.29, 1.82) is 0 Å². The van der Waals surface area contributed by atoms with Gasteiger partial charge in [-0.25, -0.2) is 0 Å². The van der Waals surface area contributed by atoms with Crippen LogP contribution in [0.25, 0.3) is 6.08 Å². The Morgan fingerprint density at radius 2 is 1.81 bits per heavy atom. The molecule has 21 heavy (non-hydrogen) atoms. The molecule has 104 valence electrons. The van der Waals surface area contributed by atoms with E-state index in [1.165, 1.54) is 13.0 Å². The number of carbonyl (C=O) groups excluding carboxylic acids is 2. The molecule has 1 heterocycles. The van der Waals surface area contributed by atoms with Crippen LogP contribution in [0.2, 0.25) is 0 Å². The molecule has 3 rings (SSSR count). The summed E-state index contributed by atoms with van der Waals surface area (Å²) < 4.78 is 0. The second kappa shape index (κ2) is 5.37. The number of hydrogen-bond donors (Lipinski definition) is 0. The van der Waals surface area contributed by atoms with Crippen molar-refractivity contribution in [1.82, 2.24) is 0 Å². The summed E-state index contributed by atoms with van der Waals surface area (Å²) in [6.07, 6.45) is 3.28. The number of hydrogen-bond acceptors (Lipinski definition) is 2. The van der Waals surface area contributed by atoms with Crippen LogP contribution in [0.5, 0.6) is 0 Å². The molecule has 1 aliphatic heterocycles. The SMILES string of the molecule is CC(=O)/C=C/c1ccccc1N1Cc2ccccc2C1=O. The molecule has 1 amide bonds. The molecule has 0 N–H and O–H groups in total. The van der Waals surface area contributed by atoms with Crippen LogP contribution in [-0.2, 0) is 11.3 Å². The highest BCUT2D eigenvalue weighted by molar-refractivity contribution is 6.11. The second-order valence-electron chi connectivity index (χ2n) is 5.05. The van der Waals surface area contributed by atoms with E-state index >= 15 is 0 Å². The smallest absolute Gasteiger partial charge is 0.258 e. The van der Waals surface area contributed by atoms with Crippen molar-refractivity contribution >= 4 is 23.5 Å². The largest absolute Gasteiger partial charge is 0.303 e. The standard InChI is InChI=1S/C18H15NO2/c1-13(20)10-11-14-6-3-5-9-17(14)19-12-15-7-2-4-8-16(15)18(19)21/h2-11H,12H2,1H3/b11-10+. The van der Waals surface area contributed by atoms with Crippen LogP contribution in [0, 0.1) is 0 Å². The Morgan fingerprint density at radius 1 is 1.10 bits per heavy atom. The van der Waals surface area contributed by atoms with E-state index in [2.05, 4.69) is 0 Å². The fraction of sp³-hybridized carbons (Fsp3) is 0.111. The molecule has 3 nitrogen and oxygen atoms in total. The molecule has 0 saturated carbocycles. The van der Waals surface area contributed by atoms with Crippen LogP contribution in [0.1, 0.15) is 28.4 Å².